The molecule has 1 aliphatic rings. The number of hydrogen-bond acceptors (Lipinski definition) is 8. The van der Waals surface area contributed by atoms with Gasteiger partial charge in [-0.15, -0.1) is 5.06 Å². The highest BCUT2D eigenvalue weighted by molar-refractivity contribution is 6.03. The standard InChI is InChI=1S/C13H11N3O6/c17-11-1-2-12(18)16(11)22-13(19)10-4-8(6-14-20)3-9(5-10)7-15-21/h3-7,20-21H,1-2H2. The number of benzene rings is 1. The summed E-state index contributed by atoms with van der Waals surface area (Å²) in [6.07, 6.45) is 2.09. The highest BCUT2D eigenvalue weighted by atomic mass is 16.7. The molecule has 9 nitrogen and oxygen atoms in total. The monoisotopic (exact) mass is 305 g/mol. The first-order valence-electron chi connectivity index (χ1n) is 6.13. The number of hydrogen-bond donors (Lipinski definition) is 2. The molecular weight excluding hydrogens is 294 g/mol. The van der Waals surface area contributed by atoms with E-state index in [0.29, 0.717) is 16.2 Å². The van der Waals surface area contributed by atoms with Crippen molar-refractivity contribution in [3.8, 4) is 0 Å². The van der Waals surface area contributed by atoms with Crippen LogP contribution in [0.3, 0.4) is 0 Å². The summed E-state index contributed by atoms with van der Waals surface area (Å²) >= 11 is 0. The smallest absolute Gasteiger partial charge is 0.363 e. The van der Waals surface area contributed by atoms with Crippen molar-refractivity contribution in [3.05, 3.63) is 34.9 Å². The van der Waals surface area contributed by atoms with Gasteiger partial charge in [0.2, 0.25) is 0 Å². The Morgan fingerprint density at radius 3 is 2.00 bits per heavy atom. The third-order valence-electron chi connectivity index (χ3n) is 2.81. The van der Waals surface area contributed by atoms with Gasteiger partial charge in [-0.3, -0.25) is 9.59 Å². The molecule has 9 heteroatoms. The van der Waals surface area contributed by atoms with E-state index in [-0.39, 0.29) is 18.4 Å². The van der Waals surface area contributed by atoms with Crippen LogP contribution < -0.4 is 0 Å². The van der Waals surface area contributed by atoms with Gasteiger partial charge in [0.1, 0.15) is 0 Å². The molecule has 0 radical (unpaired) electrons. The summed E-state index contributed by atoms with van der Waals surface area (Å²) in [6, 6.07) is 4.12. The maximum absolute atomic E-state index is 12.0. The molecule has 1 heterocycles. The van der Waals surface area contributed by atoms with Gasteiger partial charge in [0, 0.05) is 12.8 Å². The molecule has 0 spiro atoms. The quantitative estimate of drug-likeness (QED) is 0.361. The lowest BCUT2D eigenvalue weighted by Crippen LogP contribution is -2.32. The summed E-state index contributed by atoms with van der Waals surface area (Å²) in [7, 11) is 0. The molecule has 0 aliphatic carbocycles. The van der Waals surface area contributed by atoms with Crippen LogP contribution >= 0.6 is 0 Å². The molecule has 114 valence electrons. The van der Waals surface area contributed by atoms with Crippen molar-refractivity contribution in [2.45, 2.75) is 12.8 Å². The van der Waals surface area contributed by atoms with Gasteiger partial charge < -0.3 is 15.3 Å². The maximum atomic E-state index is 12.0. The predicted octanol–water partition coefficient (Wildman–Crippen LogP) is 0.524. The van der Waals surface area contributed by atoms with Crippen LogP contribution in [0.2, 0.25) is 0 Å². The fraction of sp³-hybridized carbons (Fsp3) is 0.154. The van der Waals surface area contributed by atoms with E-state index in [4.69, 9.17) is 15.3 Å². The van der Waals surface area contributed by atoms with Gasteiger partial charge >= 0.3 is 5.97 Å². The minimum Gasteiger partial charge on any atom is -0.411 e. The van der Waals surface area contributed by atoms with Crippen LogP contribution in [0.1, 0.15) is 34.3 Å². The van der Waals surface area contributed by atoms with E-state index in [1.807, 2.05) is 0 Å². The van der Waals surface area contributed by atoms with Crippen molar-refractivity contribution in [3.63, 3.8) is 0 Å². The Balaban J connectivity index is 2.28. The molecule has 2 rings (SSSR count). The van der Waals surface area contributed by atoms with Crippen molar-refractivity contribution in [2.24, 2.45) is 10.3 Å². The molecule has 1 aromatic rings. The maximum Gasteiger partial charge on any atom is 0.363 e. The Labute approximate surface area is 124 Å². The number of imide groups is 1. The number of hydroxylamine groups is 2. The van der Waals surface area contributed by atoms with Crippen LogP contribution in [0.15, 0.2) is 28.5 Å². The van der Waals surface area contributed by atoms with Crippen LogP contribution in [-0.2, 0) is 14.4 Å². The van der Waals surface area contributed by atoms with Crippen LogP contribution in [0.4, 0.5) is 0 Å². The summed E-state index contributed by atoms with van der Waals surface area (Å²) < 4.78 is 0. The molecule has 2 amide bonds. The Bertz CT molecular complexity index is 636. The van der Waals surface area contributed by atoms with E-state index < -0.39 is 17.8 Å². The van der Waals surface area contributed by atoms with Crippen molar-refractivity contribution in [2.75, 3.05) is 0 Å². The van der Waals surface area contributed by atoms with E-state index in [9.17, 15) is 14.4 Å². The first kappa shape index (κ1) is 15.2. The summed E-state index contributed by atoms with van der Waals surface area (Å²) in [4.78, 5) is 39.6. The number of rotatable bonds is 4. The molecule has 1 saturated heterocycles. The van der Waals surface area contributed by atoms with E-state index >= 15 is 0 Å². The highest BCUT2D eigenvalue weighted by Crippen LogP contribution is 2.15. The lowest BCUT2D eigenvalue weighted by atomic mass is 10.1. The second-order valence-electron chi connectivity index (χ2n) is 4.34. The Hall–Kier alpha value is -3.23. The molecule has 0 saturated carbocycles. The summed E-state index contributed by atoms with van der Waals surface area (Å²) in [5.74, 6) is -2.13. The minimum atomic E-state index is -0.940. The molecule has 2 N–H and O–H groups in total. The van der Waals surface area contributed by atoms with E-state index in [1.165, 1.54) is 18.2 Å². The molecule has 0 aromatic heterocycles. The summed E-state index contributed by atoms with van der Waals surface area (Å²) in [6.45, 7) is 0. The molecule has 0 bridgehead atoms. The number of carbonyl (C=O) groups is 3. The molecule has 22 heavy (non-hydrogen) atoms. The molecule has 0 atom stereocenters. The van der Waals surface area contributed by atoms with E-state index in [1.54, 1.807) is 0 Å². The molecule has 0 unspecified atom stereocenters. The van der Waals surface area contributed by atoms with Crippen molar-refractivity contribution in [1.82, 2.24) is 5.06 Å². The van der Waals surface area contributed by atoms with Crippen molar-refractivity contribution < 1.29 is 29.6 Å². The predicted molar refractivity (Wildman–Crippen MR) is 71.7 cm³/mol. The fourth-order valence-electron chi connectivity index (χ4n) is 1.87. The Kier molecular flexibility index (Phi) is 4.47. The molecule has 1 aliphatic heterocycles. The average Bonchev–Trinajstić information content (AvgIpc) is 2.79. The van der Waals surface area contributed by atoms with Crippen LogP contribution in [0, 0.1) is 0 Å². The largest absolute Gasteiger partial charge is 0.411 e. The average molecular weight is 305 g/mol. The van der Waals surface area contributed by atoms with Gasteiger partial charge in [-0.1, -0.05) is 10.3 Å². The fourth-order valence-corrected chi connectivity index (χ4v) is 1.87. The topological polar surface area (TPSA) is 129 Å². The van der Waals surface area contributed by atoms with Gasteiger partial charge in [-0.25, -0.2) is 4.79 Å². The van der Waals surface area contributed by atoms with Crippen molar-refractivity contribution >= 4 is 30.2 Å². The second kappa shape index (κ2) is 6.48. The molecule has 1 aromatic carbocycles. The Morgan fingerprint density at radius 1 is 1.05 bits per heavy atom. The SMILES string of the molecule is O=C(ON1C(=O)CCC1=O)c1cc(C=NO)cc(C=NO)c1. The van der Waals surface area contributed by atoms with Gasteiger partial charge in [0.25, 0.3) is 11.8 Å². The molecular formula is C13H11N3O6. The van der Waals surface area contributed by atoms with Gasteiger partial charge in [-0.05, 0) is 29.3 Å². The van der Waals surface area contributed by atoms with E-state index in [0.717, 1.165) is 12.4 Å². The Morgan fingerprint density at radius 2 is 1.55 bits per heavy atom. The third kappa shape index (κ3) is 3.26. The van der Waals surface area contributed by atoms with Crippen LogP contribution in [0.5, 0.6) is 0 Å². The van der Waals surface area contributed by atoms with Gasteiger partial charge in [0.05, 0.1) is 18.0 Å². The number of amides is 2. The van der Waals surface area contributed by atoms with Crippen molar-refractivity contribution in [1.29, 1.82) is 0 Å². The summed E-state index contributed by atoms with van der Waals surface area (Å²) in [5, 5.41) is 23.2. The third-order valence-corrected chi connectivity index (χ3v) is 2.81. The van der Waals surface area contributed by atoms with E-state index in [2.05, 4.69) is 10.3 Å². The lowest BCUT2D eigenvalue weighted by molar-refractivity contribution is -0.172. The van der Waals surface area contributed by atoms with Gasteiger partial charge in [-0.2, -0.15) is 0 Å². The van der Waals surface area contributed by atoms with Crippen LogP contribution in [-0.4, -0.2) is 45.7 Å². The second-order valence-corrected chi connectivity index (χ2v) is 4.34. The zero-order valence-corrected chi connectivity index (χ0v) is 11.2. The lowest BCUT2D eigenvalue weighted by Gasteiger charge is -2.13. The zero-order chi connectivity index (χ0) is 16.1. The normalized spacial score (nSPS) is 15.2. The summed E-state index contributed by atoms with van der Waals surface area (Å²) in [5.41, 5.74) is 0.636. The van der Waals surface area contributed by atoms with Crippen LogP contribution in [0.25, 0.3) is 0 Å². The number of oxime groups is 2. The molecule has 1 fully saturated rings. The van der Waals surface area contributed by atoms with Gasteiger partial charge in [0.15, 0.2) is 0 Å². The first-order valence-corrected chi connectivity index (χ1v) is 6.13. The number of nitrogens with zero attached hydrogens (tertiary/aromatic N) is 3. The highest BCUT2D eigenvalue weighted by Gasteiger charge is 2.33. The minimum absolute atomic E-state index is 0.00819. The number of carbonyl (C=O) groups excluding carboxylic acids is 3. The zero-order valence-electron chi connectivity index (χ0n) is 11.2. The first-order chi connectivity index (χ1) is 10.5.